The van der Waals surface area contributed by atoms with Gasteiger partial charge in [0, 0.05) is 12.6 Å². The van der Waals surface area contributed by atoms with E-state index in [9.17, 15) is 9.59 Å². The summed E-state index contributed by atoms with van der Waals surface area (Å²) in [5.41, 5.74) is 2.01. The topological polar surface area (TPSA) is 99.8 Å². The van der Waals surface area contributed by atoms with Crippen molar-refractivity contribution < 1.29 is 4.79 Å². The van der Waals surface area contributed by atoms with Gasteiger partial charge in [-0.05, 0) is 63.2 Å². The van der Waals surface area contributed by atoms with Gasteiger partial charge in [0.2, 0.25) is 5.91 Å². The fourth-order valence-corrected chi connectivity index (χ4v) is 4.95. The van der Waals surface area contributed by atoms with Crippen LogP contribution in [-0.4, -0.2) is 21.7 Å². The zero-order chi connectivity index (χ0) is 24.3. The third-order valence-electron chi connectivity index (χ3n) is 7.67. The van der Waals surface area contributed by atoms with Gasteiger partial charge in [-0.1, -0.05) is 46.8 Å². The van der Waals surface area contributed by atoms with Gasteiger partial charge in [0.1, 0.15) is 11.0 Å². The Morgan fingerprint density at radius 2 is 1.94 bits per heavy atom. The van der Waals surface area contributed by atoms with E-state index in [4.69, 9.17) is 5.26 Å². The standard InChI is InChI=1S/C25H32BrN5O2/c1-15-10-20(16(2)17(3)25(15,4)5)30-21-13-29-31(24(33)23(21)26)14-22(32)28-12-19-8-6-18(11-27)7-9-19/h6-9,13,15-17,20,30H,10,12,14H2,1-5H3,(H,28,32)/t15-,16+,17+,20+/m0/s1. The lowest BCUT2D eigenvalue weighted by Crippen LogP contribution is -2.48. The molecule has 176 valence electrons. The number of carbonyl (C=O) groups is 1. The summed E-state index contributed by atoms with van der Waals surface area (Å²) in [6.45, 7) is 11.7. The number of benzene rings is 1. The molecule has 4 atom stereocenters. The number of aromatic nitrogens is 2. The Hall–Kier alpha value is -2.66. The van der Waals surface area contributed by atoms with Crippen molar-refractivity contribution in [3.63, 3.8) is 0 Å². The van der Waals surface area contributed by atoms with Crippen LogP contribution in [0.1, 0.15) is 52.2 Å². The second kappa shape index (κ2) is 10.1. The monoisotopic (exact) mass is 513 g/mol. The Bertz CT molecular complexity index is 1100. The Labute approximate surface area is 203 Å². The molecule has 7 nitrogen and oxygen atoms in total. The Balaban J connectivity index is 1.64. The summed E-state index contributed by atoms with van der Waals surface area (Å²) in [5.74, 6) is 1.21. The molecule has 33 heavy (non-hydrogen) atoms. The molecule has 0 bridgehead atoms. The highest BCUT2D eigenvalue weighted by Crippen LogP contribution is 2.48. The van der Waals surface area contributed by atoms with Gasteiger partial charge in [-0.25, -0.2) is 4.68 Å². The molecule has 1 aliphatic carbocycles. The third kappa shape index (κ3) is 5.47. The highest BCUT2D eigenvalue weighted by Gasteiger charge is 2.43. The van der Waals surface area contributed by atoms with Crippen LogP contribution in [0.4, 0.5) is 5.69 Å². The normalized spacial score (nSPS) is 24.0. The average molecular weight is 514 g/mol. The lowest BCUT2D eigenvalue weighted by molar-refractivity contribution is -0.122. The number of nitriles is 1. The van der Waals surface area contributed by atoms with Crippen molar-refractivity contribution in [2.75, 3.05) is 5.32 Å². The fraction of sp³-hybridized carbons (Fsp3) is 0.520. The van der Waals surface area contributed by atoms with Gasteiger partial charge in [0.25, 0.3) is 5.56 Å². The zero-order valence-corrected chi connectivity index (χ0v) is 21.4. The number of nitrogens with one attached hydrogen (secondary N) is 2. The van der Waals surface area contributed by atoms with Gasteiger partial charge in [0.15, 0.2) is 0 Å². The average Bonchev–Trinajstić information content (AvgIpc) is 2.80. The zero-order valence-electron chi connectivity index (χ0n) is 19.9. The summed E-state index contributed by atoms with van der Waals surface area (Å²) in [6.07, 6.45) is 2.63. The number of anilines is 1. The van der Waals surface area contributed by atoms with Crippen molar-refractivity contribution in [1.29, 1.82) is 5.26 Å². The van der Waals surface area contributed by atoms with Crippen LogP contribution in [-0.2, 0) is 17.9 Å². The first-order valence-electron chi connectivity index (χ1n) is 11.3. The second-order valence-electron chi connectivity index (χ2n) is 9.78. The van der Waals surface area contributed by atoms with Crippen molar-refractivity contribution in [1.82, 2.24) is 15.1 Å². The first kappa shape index (κ1) is 25.0. The molecule has 1 amide bonds. The largest absolute Gasteiger partial charge is 0.380 e. The van der Waals surface area contributed by atoms with Gasteiger partial charge in [-0.3, -0.25) is 9.59 Å². The summed E-state index contributed by atoms with van der Waals surface area (Å²) < 4.78 is 1.54. The summed E-state index contributed by atoms with van der Waals surface area (Å²) in [4.78, 5) is 25.2. The SMILES string of the molecule is C[C@@H]1[C@@H](C)C(C)(C)[C@@H](C)C[C@H]1Nc1cnn(CC(=O)NCc2ccc(C#N)cc2)c(=O)c1Br. The first-order chi connectivity index (χ1) is 15.5. The van der Waals surface area contributed by atoms with Crippen LogP contribution in [0.25, 0.3) is 0 Å². The summed E-state index contributed by atoms with van der Waals surface area (Å²) in [6, 6.07) is 9.28. The van der Waals surface area contributed by atoms with E-state index in [0.29, 0.717) is 40.0 Å². The van der Waals surface area contributed by atoms with E-state index in [1.807, 2.05) is 0 Å². The minimum absolute atomic E-state index is 0.171. The van der Waals surface area contributed by atoms with Crippen LogP contribution < -0.4 is 16.2 Å². The molecule has 0 saturated heterocycles. The predicted molar refractivity (Wildman–Crippen MR) is 133 cm³/mol. The molecule has 2 N–H and O–H groups in total. The lowest BCUT2D eigenvalue weighted by Gasteiger charge is -2.50. The number of rotatable bonds is 6. The molecule has 1 heterocycles. The molecule has 1 aromatic heterocycles. The molecular formula is C25H32BrN5O2. The van der Waals surface area contributed by atoms with E-state index in [2.05, 4.69) is 72.4 Å². The minimum Gasteiger partial charge on any atom is -0.380 e. The highest BCUT2D eigenvalue weighted by atomic mass is 79.9. The summed E-state index contributed by atoms with van der Waals surface area (Å²) >= 11 is 3.42. The molecule has 0 unspecified atom stereocenters. The molecule has 1 saturated carbocycles. The van der Waals surface area contributed by atoms with Gasteiger partial charge < -0.3 is 10.6 Å². The lowest BCUT2D eigenvalue weighted by atomic mass is 9.58. The van der Waals surface area contributed by atoms with E-state index >= 15 is 0 Å². The molecule has 1 aromatic carbocycles. The molecular weight excluding hydrogens is 482 g/mol. The van der Waals surface area contributed by atoms with Gasteiger partial charge in [-0.15, -0.1) is 0 Å². The van der Waals surface area contributed by atoms with Crippen molar-refractivity contribution in [2.24, 2.45) is 23.2 Å². The molecule has 2 aromatic rings. The quantitative estimate of drug-likeness (QED) is 0.599. The first-order valence-corrected chi connectivity index (χ1v) is 12.1. The molecule has 8 heteroatoms. The maximum Gasteiger partial charge on any atom is 0.283 e. The maximum atomic E-state index is 12.8. The molecule has 1 aliphatic rings. The summed E-state index contributed by atoms with van der Waals surface area (Å²) in [5, 5.41) is 19.4. The number of halogens is 1. The van der Waals surface area contributed by atoms with Gasteiger partial charge in [-0.2, -0.15) is 10.4 Å². The minimum atomic E-state index is -0.349. The molecule has 3 rings (SSSR count). The van der Waals surface area contributed by atoms with Crippen LogP contribution in [0.15, 0.2) is 39.7 Å². The predicted octanol–water partition coefficient (Wildman–Crippen LogP) is 4.31. The van der Waals surface area contributed by atoms with Crippen LogP contribution in [0.5, 0.6) is 0 Å². The Morgan fingerprint density at radius 3 is 2.58 bits per heavy atom. The van der Waals surface area contributed by atoms with Gasteiger partial charge in [0.05, 0.1) is 23.5 Å². The van der Waals surface area contributed by atoms with Gasteiger partial charge >= 0.3 is 0 Å². The van der Waals surface area contributed by atoms with E-state index < -0.39 is 0 Å². The second-order valence-corrected chi connectivity index (χ2v) is 10.6. The van der Waals surface area contributed by atoms with Crippen molar-refractivity contribution in [3.8, 4) is 6.07 Å². The van der Waals surface area contributed by atoms with E-state index in [1.54, 1.807) is 30.5 Å². The molecule has 0 spiro atoms. The molecule has 0 aliphatic heterocycles. The van der Waals surface area contributed by atoms with Crippen molar-refractivity contribution in [3.05, 3.63) is 56.4 Å². The number of hydrogen-bond acceptors (Lipinski definition) is 5. The van der Waals surface area contributed by atoms with Crippen LogP contribution in [0.2, 0.25) is 0 Å². The van der Waals surface area contributed by atoms with E-state index in [-0.39, 0.29) is 29.5 Å². The van der Waals surface area contributed by atoms with Crippen molar-refractivity contribution in [2.45, 2.75) is 60.2 Å². The third-order valence-corrected chi connectivity index (χ3v) is 8.43. The fourth-order valence-electron chi connectivity index (χ4n) is 4.53. The maximum absolute atomic E-state index is 12.8. The van der Waals surface area contributed by atoms with E-state index in [1.165, 1.54) is 0 Å². The Morgan fingerprint density at radius 1 is 1.27 bits per heavy atom. The number of nitrogens with zero attached hydrogens (tertiary/aromatic N) is 3. The smallest absolute Gasteiger partial charge is 0.283 e. The highest BCUT2D eigenvalue weighted by molar-refractivity contribution is 9.10. The number of hydrogen-bond donors (Lipinski definition) is 2. The van der Waals surface area contributed by atoms with Crippen LogP contribution in [0.3, 0.4) is 0 Å². The summed E-state index contributed by atoms with van der Waals surface area (Å²) in [7, 11) is 0. The van der Waals surface area contributed by atoms with Crippen molar-refractivity contribution >= 4 is 27.5 Å². The number of amides is 1. The molecule has 0 radical (unpaired) electrons. The molecule has 1 fully saturated rings. The van der Waals surface area contributed by atoms with Crippen LogP contribution in [0, 0.1) is 34.5 Å². The van der Waals surface area contributed by atoms with Crippen LogP contribution >= 0.6 is 15.9 Å². The number of carbonyl (C=O) groups excluding carboxylic acids is 1. The van der Waals surface area contributed by atoms with E-state index in [0.717, 1.165) is 16.7 Å². The Kier molecular flexibility index (Phi) is 7.63.